The molecule has 0 spiro atoms. The van der Waals surface area contributed by atoms with Gasteiger partial charge in [0, 0.05) is 23.8 Å². The number of nitrogens with zero attached hydrogens (tertiary/aromatic N) is 1. The lowest BCUT2D eigenvalue weighted by molar-refractivity contribution is -0.386. The zero-order valence-electron chi connectivity index (χ0n) is 20.5. The van der Waals surface area contributed by atoms with Gasteiger partial charge in [0.25, 0.3) is 0 Å². The minimum absolute atomic E-state index is 0.00124. The summed E-state index contributed by atoms with van der Waals surface area (Å²) >= 11 is 0. The summed E-state index contributed by atoms with van der Waals surface area (Å²) < 4.78 is 10.9. The monoisotopic (exact) mass is 501 g/mol. The number of fused-ring (bicyclic) bond motifs is 1. The zero-order valence-corrected chi connectivity index (χ0v) is 20.5. The van der Waals surface area contributed by atoms with Crippen LogP contribution in [0.25, 0.3) is 0 Å². The Labute approximate surface area is 213 Å². The number of benzene rings is 3. The first-order valence-electron chi connectivity index (χ1n) is 12.1. The minimum Gasteiger partial charge on any atom is -0.500 e. The molecular weight excluding hydrogens is 474 g/mol. The largest absolute Gasteiger partial charge is 0.500 e. The van der Waals surface area contributed by atoms with Crippen LogP contribution in [0.2, 0.25) is 0 Å². The summed E-state index contributed by atoms with van der Waals surface area (Å²) in [6.45, 7) is 1.94. The number of ketones is 1. The first-order valence-corrected chi connectivity index (χ1v) is 12.1. The molecule has 37 heavy (non-hydrogen) atoms. The van der Waals surface area contributed by atoms with Gasteiger partial charge < -0.3 is 25.2 Å². The van der Waals surface area contributed by atoms with Gasteiger partial charge in [-0.1, -0.05) is 24.3 Å². The number of anilines is 2. The number of carbonyl (C=O) groups is 1. The van der Waals surface area contributed by atoms with Gasteiger partial charge >= 0.3 is 5.69 Å². The predicted molar refractivity (Wildman–Crippen MR) is 139 cm³/mol. The van der Waals surface area contributed by atoms with Crippen molar-refractivity contribution < 1.29 is 24.3 Å². The molecule has 190 valence electrons. The molecule has 3 N–H and O–H groups in total. The van der Waals surface area contributed by atoms with E-state index in [1.807, 2.05) is 48.5 Å². The third kappa shape index (κ3) is 4.55. The van der Waals surface area contributed by atoms with Crippen LogP contribution in [0, 0.1) is 10.1 Å². The number of methoxy groups -OCH3 is 1. The highest BCUT2D eigenvalue weighted by Crippen LogP contribution is 2.47. The maximum absolute atomic E-state index is 13.8. The van der Waals surface area contributed by atoms with Gasteiger partial charge in [-0.05, 0) is 60.7 Å². The number of Topliss-reactive ketones (excluding diaryl/α,β-unsaturated/α-hetero) is 1. The standard InChI is InChI=1S/C28H27N3O6/c1-3-37-25-15-18(13-23(28(25)33)31(34)35)27-26-22(29-20-9-4-5-10-21(20)30-27)12-17(14-24(26)32)16-7-6-8-19(11-16)36-2/h4-11,13,15,17,27,29-30,33H,3,12,14H2,1-2H3. The van der Waals surface area contributed by atoms with E-state index in [4.69, 9.17) is 9.47 Å². The van der Waals surface area contributed by atoms with Crippen molar-refractivity contribution in [3.8, 4) is 17.2 Å². The van der Waals surface area contributed by atoms with Crippen LogP contribution in [0.1, 0.15) is 42.9 Å². The maximum atomic E-state index is 13.8. The molecule has 0 radical (unpaired) electrons. The number of rotatable bonds is 6. The van der Waals surface area contributed by atoms with Gasteiger partial charge in [0.2, 0.25) is 5.75 Å². The van der Waals surface area contributed by atoms with Crippen LogP contribution in [-0.4, -0.2) is 29.5 Å². The van der Waals surface area contributed by atoms with E-state index < -0.39 is 22.4 Å². The molecule has 9 heteroatoms. The van der Waals surface area contributed by atoms with Crippen molar-refractivity contribution in [2.24, 2.45) is 0 Å². The van der Waals surface area contributed by atoms with Crippen molar-refractivity contribution >= 4 is 22.8 Å². The third-order valence-electron chi connectivity index (χ3n) is 6.78. The van der Waals surface area contributed by atoms with Gasteiger partial charge in [0.1, 0.15) is 5.75 Å². The molecule has 0 bridgehead atoms. The lowest BCUT2D eigenvalue weighted by Crippen LogP contribution is -2.27. The van der Waals surface area contributed by atoms with Crippen molar-refractivity contribution in [1.82, 2.24) is 0 Å². The lowest BCUT2D eigenvalue weighted by Gasteiger charge is -2.30. The normalized spacial score (nSPS) is 18.6. The number of phenols is 1. The first-order chi connectivity index (χ1) is 17.9. The Kier molecular flexibility index (Phi) is 6.43. The van der Waals surface area contributed by atoms with Gasteiger partial charge in [0.15, 0.2) is 11.5 Å². The molecule has 3 aromatic carbocycles. The number of carbonyl (C=O) groups excluding carboxylic acids is 1. The van der Waals surface area contributed by atoms with Crippen LogP contribution in [0.3, 0.4) is 0 Å². The molecule has 5 rings (SSSR count). The Hall–Kier alpha value is -4.53. The fourth-order valence-corrected chi connectivity index (χ4v) is 5.06. The van der Waals surface area contributed by atoms with Crippen LogP contribution in [0.15, 0.2) is 71.9 Å². The molecule has 0 saturated carbocycles. The number of allylic oxidation sites excluding steroid dienone is 1. The highest BCUT2D eigenvalue weighted by molar-refractivity contribution is 6.01. The average molecular weight is 502 g/mol. The summed E-state index contributed by atoms with van der Waals surface area (Å²) in [5.41, 5.74) is 3.79. The minimum atomic E-state index is -0.691. The van der Waals surface area contributed by atoms with Crippen LogP contribution >= 0.6 is 0 Å². The van der Waals surface area contributed by atoms with Crippen molar-refractivity contribution in [2.75, 3.05) is 24.4 Å². The van der Waals surface area contributed by atoms with Crippen molar-refractivity contribution in [2.45, 2.75) is 31.7 Å². The number of aromatic hydroxyl groups is 1. The van der Waals surface area contributed by atoms with Gasteiger partial charge in [-0.3, -0.25) is 14.9 Å². The Bertz CT molecular complexity index is 1420. The molecule has 1 aliphatic carbocycles. The fraction of sp³-hybridized carbons (Fsp3) is 0.250. The van der Waals surface area contributed by atoms with E-state index in [9.17, 15) is 20.0 Å². The number of nitro benzene ring substituents is 1. The molecule has 1 aliphatic heterocycles. The maximum Gasteiger partial charge on any atom is 0.315 e. The molecular formula is C28H27N3O6. The topological polar surface area (TPSA) is 123 Å². The van der Waals surface area contributed by atoms with Crippen LogP contribution in [0.5, 0.6) is 17.2 Å². The summed E-state index contributed by atoms with van der Waals surface area (Å²) in [4.78, 5) is 24.9. The molecule has 0 amide bonds. The fourth-order valence-electron chi connectivity index (χ4n) is 5.06. The highest BCUT2D eigenvalue weighted by Gasteiger charge is 2.37. The Balaban J connectivity index is 1.65. The van der Waals surface area contributed by atoms with Crippen LogP contribution in [0.4, 0.5) is 17.1 Å². The third-order valence-corrected chi connectivity index (χ3v) is 6.78. The average Bonchev–Trinajstić information content (AvgIpc) is 3.07. The number of phenolic OH excluding ortho intramolecular Hbond substituents is 1. The molecule has 2 unspecified atom stereocenters. The molecule has 0 fully saturated rings. The first kappa shape index (κ1) is 24.2. The van der Waals surface area contributed by atoms with Crippen molar-refractivity contribution in [3.63, 3.8) is 0 Å². The highest BCUT2D eigenvalue weighted by atomic mass is 16.6. The summed E-state index contributed by atoms with van der Waals surface area (Å²) in [5.74, 6) is 0.0560. The Morgan fingerprint density at radius 2 is 1.84 bits per heavy atom. The van der Waals surface area contributed by atoms with E-state index in [2.05, 4.69) is 10.6 Å². The summed E-state index contributed by atoms with van der Waals surface area (Å²) in [7, 11) is 1.61. The van der Waals surface area contributed by atoms with Crippen molar-refractivity contribution in [1.29, 1.82) is 0 Å². The molecule has 2 atom stereocenters. The zero-order chi connectivity index (χ0) is 26.1. The second-order valence-corrected chi connectivity index (χ2v) is 9.02. The van der Waals surface area contributed by atoms with E-state index in [1.165, 1.54) is 6.07 Å². The van der Waals surface area contributed by atoms with E-state index in [-0.39, 0.29) is 30.5 Å². The molecule has 9 nitrogen and oxygen atoms in total. The second kappa shape index (κ2) is 9.85. The van der Waals surface area contributed by atoms with Gasteiger partial charge in [-0.15, -0.1) is 0 Å². The summed E-state index contributed by atoms with van der Waals surface area (Å²) in [6.07, 6.45) is 0.847. The summed E-state index contributed by atoms with van der Waals surface area (Å²) in [5, 5.41) is 29.0. The SMILES string of the molecule is CCOc1cc(C2Nc3ccccc3NC3=C2C(=O)CC(c2cccc(OC)c2)C3)cc([N+](=O)[O-])c1O. The predicted octanol–water partition coefficient (Wildman–Crippen LogP) is 5.69. The molecule has 3 aromatic rings. The van der Waals surface area contributed by atoms with E-state index in [0.29, 0.717) is 17.6 Å². The molecule has 1 heterocycles. The number of nitro groups is 1. The number of hydrogen-bond acceptors (Lipinski definition) is 8. The van der Waals surface area contributed by atoms with Crippen LogP contribution in [-0.2, 0) is 4.79 Å². The summed E-state index contributed by atoms with van der Waals surface area (Å²) in [6, 6.07) is 17.5. The molecule has 0 saturated heterocycles. The van der Waals surface area contributed by atoms with Crippen LogP contribution < -0.4 is 20.1 Å². The van der Waals surface area contributed by atoms with E-state index >= 15 is 0 Å². The smallest absolute Gasteiger partial charge is 0.315 e. The quantitative estimate of drug-likeness (QED) is 0.291. The van der Waals surface area contributed by atoms with Gasteiger partial charge in [-0.2, -0.15) is 0 Å². The number of hydrogen-bond donors (Lipinski definition) is 3. The Morgan fingerprint density at radius 1 is 1.05 bits per heavy atom. The van der Waals surface area contributed by atoms with Gasteiger partial charge in [0.05, 0.1) is 36.1 Å². The second-order valence-electron chi connectivity index (χ2n) is 9.02. The van der Waals surface area contributed by atoms with E-state index in [0.717, 1.165) is 28.4 Å². The number of ether oxygens (including phenoxy) is 2. The molecule has 2 aliphatic rings. The number of para-hydroxylation sites is 2. The number of nitrogens with one attached hydrogen (secondary N) is 2. The lowest BCUT2D eigenvalue weighted by atomic mass is 9.78. The van der Waals surface area contributed by atoms with Gasteiger partial charge in [-0.25, -0.2) is 0 Å². The Morgan fingerprint density at radius 3 is 2.57 bits per heavy atom. The van der Waals surface area contributed by atoms with Crippen molar-refractivity contribution in [3.05, 3.63) is 93.2 Å². The van der Waals surface area contributed by atoms with E-state index in [1.54, 1.807) is 20.1 Å². The molecule has 0 aromatic heterocycles.